The molecule has 0 saturated carbocycles. The van der Waals surface area contributed by atoms with Crippen LogP contribution in [0.15, 0.2) is 18.2 Å². The number of carbonyl (C=O) groups is 1. The van der Waals surface area contributed by atoms with Gasteiger partial charge < -0.3 is 19.9 Å². The zero-order valence-corrected chi connectivity index (χ0v) is 14.6. The number of benzene rings is 1. The molecule has 0 atom stereocenters. The Balaban J connectivity index is 1.77. The highest BCUT2D eigenvalue weighted by Gasteiger charge is 2.25. The van der Waals surface area contributed by atoms with Crippen LogP contribution in [0.5, 0.6) is 11.5 Å². The normalized spacial score (nSPS) is 16.1. The Kier molecular flexibility index (Phi) is 7.34. The second kappa shape index (κ2) is 9.49. The minimum Gasteiger partial charge on any atom is -0.504 e. The SMILES string of the molecule is COCCCNC(=O)C1CCN(Cc2cccc(OC)c2O)CC1. The van der Waals surface area contributed by atoms with E-state index in [4.69, 9.17) is 9.47 Å². The van der Waals surface area contributed by atoms with Crippen molar-refractivity contribution < 1.29 is 19.4 Å². The zero-order valence-electron chi connectivity index (χ0n) is 14.6. The van der Waals surface area contributed by atoms with Crippen LogP contribution in [0.3, 0.4) is 0 Å². The number of phenols is 1. The lowest BCUT2D eigenvalue weighted by Gasteiger charge is -2.31. The number of hydrogen-bond acceptors (Lipinski definition) is 5. The molecule has 0 radical (unpaired) electrons. The van der Waals surface area contributed by atoms with E-state index >= 15 is 0 Å². The van der Waals surface area contributed by atoms with E-state index < -0.39 is 0 Å². The molecule has 6 heteroatoms. The summed E-state index contributed by atoms with van der Waals surface area (Å²) in [5.74, 6) is 0.938. The number of likely N-dealkylation sites (tertiary alicyclic amines) is 1. The van der Waals surface area contributed by atoms with Crippen LogP contribution in [-0.2, 0) is 16.1 Å². The predicted molar refractivity (Wildman–Crippen MR) is 92.2 cm³/mol. The van der Waals surface area contributed by atoms with Crippen molar-refractivity contribution in [3.05, 3.63) is 23.8 Å². The van der Waals surface area contributed by atoms with Gasteiger partial charge in [-0.2, -0.15) is 0 Å². The first-order valence-corrected chi connectivity index (χ1v) is 8.49. The van der Waals surface area contributed by atoms with Gasteiger partial charge in [-0.3, -0.25) is 9.69 Å². The van der Waals surface area contributed by atoms with Gasteiger partial charge in [-0.25, -0.2) is 0 Å². The molecule has 0 aliphatic carbocycles. The van der Waals surface area contributed by atoms with E-state index in [2.05, 4.69) is 10.2 Å². The average Bonchev–Trinajstić information content (AvgIpc) is 2.61. The lowest BCUT2D eigenvalue weighted by atomic mass is 9.95. The molecule has 2 N–H and O–H groups in total. The average molecular weight is 336 g/mol. The van der Waals surface area contributed by atoms with Crippen LogP contribution in [0.25, 0.3) is 0 Å². The largest absolute Gasteiger partial charge is 0.504 e. The van der Waals surface area contributed by atoms with Crippen molar-refractivity contribution in [1.29, 1.82) is 0 Å². The minimum absolute atomic E-state index is 0.0858. The summed E-state index contributed by atoms with van der Waals surface area (Å²) in [6.45, 7) is 3.72. The predicted octanol–water partition coefficient (Wildman–Crippen LogP) is 1.77. The number of rotatable bonds is 8. The quantitative estimate of drug-likeness (QED) is 0.708. The van der Waals surface area contributed by atoms with Crippen molar-refractivity contribution >= 4 is 5.91 Å². The van der Waals surface area contributed by atoms with Gasteiger partial charge in [0.25, 0.3) is 0 Å². The number of methoxy groups -OCH3 is 2. The summed E-state index contributed by atoms with van der Waals surface area (Å²) in [7, 11) is 3.22. The number of nitrogens with one attached hydrogen (secondary N) is 1. The standard InChI is InChI=1S/C18H28N2O4/c1-23-12-4-9-19-18(22)14-7-10-20(11-8-14)13-15-5-3-6-16(24-2)17(15)21/h3,5-6,14,21H,4,7-13H2,1-2H3,(H,19,22). The molecule has 134 valence electrons. The zero-order chi connectivity index (χ0) is 17.4. The Morgan fingerprint density at radius 3 is 2.75 bits per heavy atom. The molecular weight excluding hydrogens is 308 g/mol. The minimum atomic E-state index is 0.0858. The monoisotopic (exact) mass is 336 g/mol. The van der Waals surface area contributed by atoms with Gasteiger partial charge in [0.2, 0.25) is 5.91 Å². The Labute approximate surface area is 143 Å². The van der Waals surface area contributed by atoms with Gasteiger partial charge in [-0.05, 0) is 38.4 Å². The van der Waals surface area contributed by atoms with Crippen LogP contribution < -0.4 is 10.1 Å². The molecule has 1 saturated heterocycles. The fourth-order valence-electron chi connectivity index (χ4n) is 3.03. The van der Waals surface area contributed by atoms with Crippen LogP contribution >= 0.6 is 0 Å². The van der Waals surface area contributed by atoms with E-state index in [1.807, 2.05) is 12.1 Å². The van der Waals surface area contributed by atoms with Crippen LogP contribution in [-0.4, -0.2) is 56.4 Å². The topological polar surface area (TPSA) is 71.0 Å². The van der Waals surface area contributed by atoms with Gasteiger partial charge in [0.15, 0.2) is 11.5 Å². The molecule has 1 amide bonds. The second-order valence-corrected chi connectivity index (χ2v) is 6.16. The number of amides is 1. The number of carbonyl (C=O) groups excluding carboxylic acids is 1. The number of phenolic OH excluding ortho intramolecular Hbond substituents is 1. The number of hydrogen-bond donors (Lipinski definition) is 2. The maximum absolute atomic E-state index is 12.1. The second-order valence-electron chi connectivity index (χ2n) is 6.16. The molecule has 1 heterocycles. The highest BCUT2D eigenvalue weighted by molar-refractivity contribution is 5.78. The summed E-state index contributed by atoms with van der Waals surface area (Å²) in [5, 5.41) is 13.2. The van der Waals surface area contributed by atoms with Crippen LogP contribution in [0.1, 0.15) is 24.8 Å². The first-order chi connectivity index (χ1) is 11.7. The number of ether oxygens (including phenoxy) is 2. The van der Waals surface area contributed by atoms with Crippen molar-refractivity contribution in [2.45, 2.75) is 25.8 Å². The first kappa shape index (κ1) is 18.5. The number of para-hydroxylation sites is 1. The summed E-state index contributed by atoms with van der Waals surface area (Å²) in [4.78, 5) is 14.4. The van der Waals surface area contributed by atoms with E-state index in [1.165, 1.54) is 0 Å². The van der Waals surface area contributed by atoms with Gasteiger partial charge in [-0.1, -0.05) is 12.1 Å². The summed E-state index contributed by atoms with van der Waals surface area (Å²) < 4.78 is 10.1. The Hall–Kier alpha value is -1.79. The number of aromatic hydroxyl groups is 1. The first-order valence-electron chi connectivity index (χ1n) is 8.49. The van der Waals surface area contributed by atoms with E-state index in [-0.39, 0.29) is 17.6 Å². The molecular formula is C18H28N2O4. The summed E-state index contributed by atoms with van der Waals surface area (Å²) in [6, 6.07) is 5.54. The van der Waals surface area contributed by atoms with E-state index in [9.17, 15) is 9.90 Å². The fraction of sp³-hybridized carbons (Fsp3) is 0.611. The molecule has 6 nitrogen and oxygen atoms in total. The Bertz CT molecular complexity index is 528. The lowest BCUT2D eigenvalue weighted by molar-refractivity contribution is -0.126. The van der Waals surface area contributed by atoms with Crippen molar-refractivity contribution in [1.82, 2.24) is 10.2 Å². The number of piperidine rings is 1. The van der Waals surface area contributed by atoms with Gasteiger partial charge in [0.05, 0.1) is 7.11 Å². The third-order valence-electron chi connectivity index (χ3n) is 4.48. The lowest BCUT2D eigenvalue weighted by Crippen LogP contribution is -2.40. The van der Waals surface area contributed by atoms with Crippen molar-refractivity contribution in [2.24, 2.45) is 5.92 Å². The molecule has 0 spiro atoms. The molecule has 2 rings (SSSR count). The molecule has 1 aliphatic heterocycles. The van der Waals surface area contributed by atoms with Crippen molar-refractivity contribution in [3.63, 3.8) is 0 Å². The molecule has 1 aliphatic rings. The van der Waals surface area contributed by atoms with Gasteiger partial charge >= 0.3 is 0 Å². The van der Waals surface area contributed by atoms with Crippen LogP contribution in [0.4, 0.5) is 0 Å². The van der Waals surface area contributed by atoms with Crippen LogP contribution in [0.2, 0.25) is 0 Å². The molecule has 0 bridgehead atoms. The summed E-state index contributed by atoms with van der Waals surface area (Å²) >= 11 is 0. The molecule has 1 fully saturated rings. The highest BCUT2D eigenvalue weighted by atomic mass is 16.5. The Morgan fingerprint density at radius 2 is 2.08 bits per heavy atom. The molecule has 24 heavy (non-hydrogen) atoms. The van der Waals surface area contributed by atoms with E-state index in [0.29, 0.717) is 25.4 Å². The summed E-state index contributed by atoms with van der Waals surface area (Å²) in [6.07, 6.45) is 2.54. The third-order valence-corrected chi connectivity index (χ3v) is 4.48. The van der Waals surface area contributed by atoms with E-state index in [1.54, 1.807) is 20.3 Å². The number of nitrogens with zero attached hydrogens (tertiary/aromatic N) is 1. The van der Waals surface area contributed by atoms with Crippen molar-refractivity contribution in [2.75, 3.05) is 40.5 Å². The maximum Gasteiger partial charge on any atom is 0.223 e. The smallest absolute Gasteiger partial charge is 0.223 e. The molecule has 1 aromatic rings. The molecule has 0 unspecified atom stereocenters. The Morgan fingerprint density at radius 1 is 1.33 bits per heavy atom. The maximum atomic E-state index is 12.1. The van der Waals surface area contributed by atoms with Crippen molar-refractivity contribution in [3.8, 4) is 11.5 Å². The summed E-state index contributed by atoms with van der Waals surface area (Å²) in [5.41, 5.74) is 0.858. The molecule has 1 aromatic carbocycles. The fourth-order valence-corrected chi connectivity index (χ4v) is 3.03. The van der Waals surface area contributed by atoms with Gasteiger partial charge in [0.1, 0.15) is 0 Å². The molecule has 0 aromatic heterocycles. The van der Waals surface area contributed by atoms with E-state index in [0.717, 1.165) is 37.9 Å². The highest BCUT2D eigenvalue weighted by Crippen LogP contribution is 2.31. The van der Waals surface area contributed by atoms with Crippen LogP contribution in [0, 0.1) is 5.92 Å². The van der Waals surface area contributed by atoms with Gasteiger partial charge in [0, 0.05) is 38.3 Å². The van der Waals surface area contributed by atoms with Gasteiger partial charge in [-0.15, -0.1) is 0 Å². The third kappa shape index (κ3) is 5.11.